The average Bonchev–Trinajstić information content (AvgIpc) is 3.15. The van der Waals surface area contributed by atoms with Crippen LogP contribution in [0.2, 0.25) is 0 Å². The highest BCUT2D eigenvalue weighted by Gasteiger charge is 2.13. The molecule has 0 aliphatic heterocycles. The molecular weight excluding hydrogens is 385 g/mol. The predicted molar refractivity (Wildman–Crippen MR) is 119 cm³/mol. The van der Waals surface area contributed by atoms with E-state index in [1.807, 2.05) is 41.2 Å². The van der Waals surface area contributed by atoms with E-state index in [2.05, 4.69) is 24.7 Å². The minimum atomic E-state index is -0.263. The Kier molecular flexibility index (Phi) is 7.32. The van der Waals surface area contributed by atoms with Crippen LogP contribution in [-0.4, -0.2) is 42.1 Å². The summed E-state index contributed by atoms with van der Waals surface area (Å²) < 4.78 is 15.2. The minimum Gasteiger partial charge on any atom is -0.363 e. The topological polar surface area (TPSA) is 46.3 Å². The van der Waals surface area contributed by atoms with Crippen molar-refractivity contribution >= 4 is 17.3 Å². The third kappa shape index (κ3) is 6.10. The normalized spacial score (nSPS) is 10.9. The molecule has 0 fully saturated rings. The summed E-state index contributed by atoms with van der Waals surface area (Å²) in [5.41, 5.74) is 3.63. The van der Waals surface area contributed by atoms with E-state index in [1.54, 1.807) is 12.1 Å². The molecule has 0 bridgehead atoms. The van der Waals surface area contributed by atoms with Gasteiger partial charge >= 0.3 is 0 Å². The molecule has 1 heterocycles. The summed E-state index contributed by atoms with van der Waals surface area (Å²) in [6, 6.07) is 16.3. The van der Waals surface area contributed by atoms with E-state index in [1.165, 1.54) is 17.0 Å². The number of rotatable bonds is 8. The lowest BCUT2D eigenvalue weighted by molar-refractivity contribution is -0.858. The maximum Gasteiger partial charge on any atom is 0.166 e. The monoisotopic (exact) mass is 412 g/mol. The van der Waals surface area contributed by atoms with Gasteiger partial charge in [-0.25, -0.2) is 9.07 Å². The highest BCUT2D eigenvalue weighted by molar-refractivity contribution is 7.80. The first-order chi connectivity index (χ1) is 14.0. The molecule has 3 N–H and O–H groups in total. The second-order valence-corrected chi connectivity index (χ2v) is 7.62. The molecule has 0 aliphatic rings. The van der Waals surface area contributed by atoms with Gasteiger partial charge in [0.1, 0.15) is 5.82 Å². The molecule has 152 valence electrons. The summed E-state index contributed by atoms with van der Waals surface area (Å²) in [6.45, 7) is 2.46. The van der Waals surface area contributed by atoms with Gasteiger partial charge in [0.25, 0.3) is 0 Å². The number of quaternary nitrogens is 1. The van der Waals surface area contributed by atoms with Crippen LogP contribution in [0.25, 0.3) is 16.9 Å². The van der Waals surface area contributed by atoms with Crippen molar-refractivity contribution in [2.75, 3.05) is 27.2 Å². The summed E-state index contributed by atoms with van der Waals surface area (Å²) in [5, 5.41) is 11.9. The molecule has 0 saturated carbocycles. The van der Waals surface area contributed by atoms with Crippen LogP contribution in [0.1, 0.15) is 12.0 Å². The first-order valence-electron chi connectivity index (χ1n) is 9.73. The number of benzene rings is 2. The van der Waals surface area contributed by atoms with Crippen LogP contribution in [0.3, 0.4) is 0 Å². The van der Waals surface area contributed by atoms with Crippen molar-refractivity contribution in [3.8, 4) is 16.9 Å². The Morgan fingerprint density at radius 1 is 1.07 bits per heavy atom. The lowest BCUT2D eigenvalue weighted by Crippen LogP contribution is -3.05. The third-order valence-electron chi connectivity index (χ3n) is 4.51. The summed E-state index contributed by atoms with van der Waals surface area (Å²) in [6.07, 6.45) is 3.04. The first-order valence-corrected chi connectivity index (χ1v) is 10.1. The molecule has 7 heteroatoms. The lowest BCUT2D eigenvalue weighted by atomic mass is 10.1. The molecule has 3 aromatic rings. The number of nitrogens with one attached hydrogen (secondary N) is 3. The third-order valence-corrected chi connectivity index (χ3v) is 4.80. The quantitative estimate of drug-likeness (QED) is 0.392. The van der Waals surface area contributed by atoms with E-state index in [0.717, 1.165) is 42.0 Å². The molecule has 0 amide bonds. The molecule has 29 heavy (non-hydrogen) atoms. The Hall–Kier alpha value is -2.77. The molecule has 1 aromatic heterocycles. The number of nitrogens with zero attached hydrogens (tertiary/aromatic N) is 2. The summed E-state index contributed by atoms with van der Waals surface area (Å²) >= 11 is 5.40. The zero-order valence-electron chi connectivity index (χ0n) is 16.8. The van der Waals surface area contributed by atoms with Gasteiger partial charge in [-0.1, -0.05) is 18.2 Å². The number of thiocarbonyl (C=S) groups is 1. The molecule has 0 atom stereocenters. The fourth-order valence-corrected chi connectivity index (χ4v) is 3.16. The molecule has 0 saturated heterocycles. The average molecular weight is 413 g/mol. The lowest BCUT2D eigenvalue weighted by Gasteiger charge is -2.11. The molecule has 5 nitrogen and oxygen atoms in total. The molecular formula is C22H27FN5S+. The van der Waals surface area contributed by atoms with E-state index in [-0.39, 0.29) is 5.82 Å². The summed E-state index contributed by atoms with van der Waals surface area (Å²) in [4.78, 5) is 1.42. The Morgan fingerprint density at radius 3 is 2.48 bits per heavy atom. The molecule has 0 spiro atoms. The number of halogens is 1. The van der Waals surface area contributed by atoms with Crippen LogP contribution >= 0.6 is 12.2 Å². The van der Waals surface area contributed by atoms with Gasteiger partial charge in [0, 0.05) is 36.8 Å². The molecule has 0 radical (unpaired) electrons. The Bertz CT molecular complexity index is 922. The van der Waals surface area contributed by atoms with Gasteiger partial charge in [0.2, 0.25) is 0 Å². The Labute approximate surface area is 176 Å². The van der Waals surface area contributed by atoms with Crippen LogP contribution in [-0.2, 0) is 6.54 Å². The van der Waals surface area contributed by atoms with Gasteiger partial charge < -0.3 is 15.5 Å². The van der Waals surface area contributed by atoms with Crippen molar-refractivity contribution < 1.29 is 9.29 Å². The Morgan fingerprint density at radius 2 is 1.79 bits per heavy atom. The van der Waals surface area contributed by atoms with Crippen molar-refractivity contribution in [3.63, 3.8) is 0 Å². The zero-order chi connectivity index (χ0) is 20.6. The van der Waals surface area contributed by atoms with Gasteiger partial charge in [0.15, 0.2) is 5.11 Å². The van der Waals surface area contributed by atoms with E-state index in [9.17, 15) is 4.39 Å². The second-order valence-electron chi connectivity index (χ2n) is 7.21. The van der Waals surface area contributed by atoms with E-state index in [4.69, 9.17) is 17.3 Å². The number of hydrogen-bond acceptors (Lipinski definition) is 2. The van der Waals surface area contributed by atoms with Crippen LogP contribution < -0.4 is 15.5 Å². The van der Waals surface area contributed by atoms with Crippen molar-refractivity contribution in [2.24, 2.45) is 0 Å². The number of para-hydroxylation sites is 1. The molecule has 2 aromatic carbocycles. The van der Waals surface area contributed by atoms with Gasteiger partial charge in [-0.05, 0) is 48.6 Å². The molecule has 0 aliphatic carbocycles. The standard InChI is InChI=1S/C22H26FN5S/c1-27(2)14-6-13-24-22(29)25-15-18-16-28(20-7-4-3-5-8-20)26-21(18)17-9-11-19(23)12-10-17/h3-5,7-12,16H,6,13-15H2,1-2H3,(H2,24,25,29)/p+1. The zero-order valence-corrected chi connectivity index (χ0v) is 17.6. The van der Waals surface area contributed by atoms with Crippen LogP contribution in [0.5, 0.6) is 0 Å². The fraction of sp³-hybridized carbons (Fsp3) is 0.273. The van der Waals surface area contributed by atoms with Gasteiger partial charge in [-0.3, -0.25) is 0 Å². The van der Waals surface area contributed by atoms with Gasteiger partial charge in [-0.15, -0.1) is 0 Å². The maximum atomic E-state index is 13.4. The minimum absolute atomic E-state index is 0.263. The van der Waals surface area contributed by atoms with Crippen molar-refractivity contribution in [1.82, 2.24) is 20.4 Å². The van der Waals surface area contributed by atoms with Crippen LogP contribution in [0.4, 0.5) is 4.39 Å². The largest absolute Gasteiger partial charge is 0.363 e. The SMILES string of the molecule is C[NH+](C)CCCNC(=S)NCc1cn(-c2ccccc2)nc1-c1ccc(F)cc1. The molecule has 3 rings (SSSR count). The predicted octanol–water partition coefficient (Wildman–Crippen LogP) is 2.18. The van der Waals surface area contributed by atoms with E-state index >= 15 is 0 Å². The van der Waals surface area contributed by atoms with Gasteiger partial charge in [-0.2, -0.15) is 5.10 Å². The highest BCUT2D eigenvalue weighted by atomic mass is 32.1. The van der Waals surface area contributed by atoms with Crippen LogP contribution in [0.15, 0.2) is 60.8 Å². The highest BCUT2D eigenvalue weighted by Crippen LogP contribution is 2.24. The maximum absolute atomic E-state index is 13.4. The van der Waals surface area contributed by atoms with Crippen LogP contribution in [0, 0.1) is 5.82 Å². The van der Waals surface area contributed by atoms with Crippen molar-refractivity contribution in [1.29, 1.82) is 0 Å². The molecule has 0 unspecified atom stereocenters. The fourth-order valence-electron chi connectivity index (χ4n) is 2.98. The number of hydrogen-bond donors (Lipinski definition) is 3. The van der Waals surface area contributed by atoms with E-state index < -0.39 is 0 Å². The summed E-state index contributed by atoms with van der Waals surface area (Å²) in [7, 11) is 4.27. The smallest absolute Gasteiger partial charge is 0.166 e. The van der Waals surface area contributed by atoms with Crippen molar-refractivity contribution in [3.05, 3.63) is 72.2 Å². The summed E-state index contributed by atoms with van der Waals surface area (Å²) in [5.74, 6) is -0.263. The van der Waals surface area contributed by atoms with E-state index in [0.29, 0.717) is 11.7 Å². The first kappa shape index (κ1) is 21.0. The van der Waals surface area contributed by atoms with Gasteiger partial charge in [0.05, 0.1) is 32.0 Å². The van der Waals surface area contributed by atoms with Crippen molar-refractivity contribution in [2.45, 2.75) is 13.0 Å². The number of aromatic nitrogens is 2. The second kappa shape index (κ2) is 10.1. The Balaban J connectivity index is 1.73.